The average Bonchev–Trinajstić information content (AvgIpc) is 2.46. The second-order valence-corrected chi connectivity index (χ2v) is 8.12. The zero-order chi connectivity index (χ0) is 16.3. The van der Waals surface area contributed by atoms with E-state index in [1.807, 2.05) is 20.8 Å². The second-order valence-electron chi connectivity index (χ2n) is 8.12. The minimum absolute atomic E-state index is 0.0168. The SMILES string of the molecule is C[C@@H]1CCN(C(=O)CCNC(=O)C(C)(C)C)[C@@H]2CCCC[C@@H]12. The summed E-state index contributed by atoms with van der Waals surface area (Å²) >= 11 is 0. The van der Waals surface area contributed by atoms with Gasteiger partial charge in [0, 0.05) is 31.0 Å². The summed E-state index contributed by atoms with van der Waals surface area (Å²) in [5.41, 5.74) is -0.391. The van der Waals surface area contributed by atoms with Gasteiger partial charge < -0.3 is 10.2 Å². The van der Waals surface area contributed by atoms with Gasteiger partial charge in [-0.3, -0.25) is 9.59 Å². The number of rotatable bonds is 3. The highest BCUT2D eigenvalue weighted by molar-refractivity contribution is 5.82. The number of likely N-dealkylation sites (tertiary alicyclic amines) is 1. The first kappa shape index (κ1) is 17.3. The van der Waals surface area contributed by atoms with Crippen LogP contribution in [0.3, 0.4) is 0 Å². The van der Waals surface area contributed by atoms with E-state index in [4.69, 9.17) is 0 Å². The van der Waals surface area contributed by atoms with Gasteiger partial charge in [0.15, 0.2) is 0 Å². The zero-order valence-electron chi connectivity index (χ0n) is 14.7. The molecule has 126 valence electrons. The lowest BCUT2D eigenvalue weighted by molar-refractivity contribution is -0.139. The minimum Gasteiger partial charge on any atom is -0.355 e. The van der Waals surface area contributed by atoms with Crippen LogP contribution in [-0.2, 0) is 9.59 Å². The minimum atomic E-state index is -0.391. The normalized spacial score (nSPS) is 28.9. The van der Waals surface area contributed by atoms with Gasteiger partial charge in [0.2, 0.25) is 11.8 Å². The van der Waals surface area contributed by atoms with Crippen LogP contribution >= 0.6 is 0 Å². The molecule has 2 aliphatic rings. The zero-order valence-corrected chi connectivity index (χ0v) is 14.7. The third-order valence-electron chi connectivity index (χ3n) is 5.36. The number of hydrogen-bond donors (Lipinski definition) is 1. The maximum absolute atomic E-state index is 12.6. The fourth-order valence-electron chi connectivity index (χ4n) is 3.91. The molecule has 2 fully saturated rings. The molecule has 1 saturated heterocycles. The summed E-state index contributed by atoms with van der Waals surface area (Å²) in [6.07, 6.45) is 6.56. The van der Waals surface area contributed by atoms with Gasteiger partial charge in [0.1, 0.15) is 0 Å². The quantitative estimate of drug-likeness (QED) is 0.871. The van der Waals surface area contributed by atoms with Crippen LogP contribution in [0.1, 0.15) is 66.2 Å². The topological polar surface area (TPSA) is 49.4 Å². The van der Waals surface area contributed by atoms with Gasteiger partial charge >= 0.3 is 0 Å². The largest absolute Gasteiger partial charge is 0.355 e. The second kappa shape index (κ2) is 7.01. The predicted molar refractivity (Wildman–Crippen MR) is 88.3 cm³/mol. The Morgan fingerprint density at radius 2 is 1.82 bits per heavy atom. The number of carbonyl (C=O) groups is 2. The first-order valence-corrected chi connectivity index (χ1v) is 8.88. The molecule has 1 aliphatic heterocycles. The van der Waals surface area contributed by atoms with E-state index < -0.39 is 5.41 Å². The fourth-order valence-corrected chi connectivity index (χ4v) is 3.91. The highest BCUT2D eigenvalue weighted by atomic mass is 16.2. The van der Waals surface area contributed by atoms with Crippen LogP contribution in [0.2, 0.25) is 0 Å². The Kier molecular flexibility index (Phi) is 5.51. The van der Waals surface area contributed by atoms with Crippen LogP contribution in [-0.4, -0.2) is 35.8 Å². The van der Waals surface area contributed by atoms with Gasteiger partial charge in [-0.2, -0.15) is 0 Å². The summed E-state index contributed by atoms with van der Waals surface area (Å²) in [5.74, 6) is 1.67. The van der Waals surface area contributed by atoms with Crippen LogP contribution in [0.15, 0.2) is 0 Å². The first-order chi connectivity index (χ1) is 10.3. The molecule has 2 rings (SSSR count). The molecule has 0 aromatic rings. The van der Waals surface area contributed by atoms with Gasteiger partial charge in [-0.05, 0) is 31.1 Å². The number of hydrogen-bond acceptors (Lipinski definition) is 2. The molecule has 0 spiro atoms. The molecular formula is C18H32N2O2. The van der Waals surface area contributed by atoms with E-state index in [1.54, 1.807) is 0 Å². The molecule has 1 aliphatic carbocycles. The number of nitrogens with zero attached hydrogens (tertiary/aromatic N) is 1. The Morgan fingerprint density at radius 1 is 1.14 bits per heavy atom. The predicted octanol–water partition coefficient (Wildman–Crippen LogP) is 2.97. The summed E-state index contributed by atoms with van der Waals surface area (Å²) in [4.78, 5) is 26.5. The lowest BCUT2D eigenvalue weighted by atomic mass is 9.72. The van der Waals surface area contributed by atoms with E-state index in [-0.39, 0.29) is 11.8 Å². The summed E-state index contributed by atoms with van der Waals surface area (Å²) in [7, 11) is 0. The number of nitrogens with one attached hydrogen (secondary N) is 1. The Labute approximate surface area is 135 Å². The molecule has 22 heavy (non-hydrogen) atoms. The molecule has 0 unspecified atom stereocenters. The third kappa shape index (κ3) is 4.02. The van der Waals surface area contributed by atoms with Crippen molar-refractivity contribution in [3.63, 3.8) is 0 Å². The van der Waals surface area contributed by atoms with E-state index in [1.165, 1.54) is 19.3 Å². The molecule has 0 bridgehead atoms. The average molecular weight is 308 g/mol. The van der Waals surface area contributed by atoms with E-state index in [0.717, 1.165) is 25.3 Å². The molecule has 1 saturated carbocycles. The van der Waals surface area contributed by atoms with Crippen molar-refractivity contribution in [3.05, 3.63) is 0 Å². The Balaban J connectivity index is 1.85. The van der Waals surface area contributed by atoms with Gasteiger partial charge in [-0.25, -0.2) is 0 Å². The Bertz CT molecular complexity index is 414. The van der Waals surface area contributed by atoms with E-state index in [9.17, 15) is 9.59 Å². The van der Waals surface area contributed by atoms with Crippen molar-refractivity contribution >= 4 is 11.8 Å². The van der Waals surface area contributed by atoms with Crippen LogP contribution in [0, 0.1) is 17.3 Å². The number of piperidine rings is 1. The molecule has 4 nitrogen and oxygen atoms in total. The molecule has 1 heterocycles. The van der Waals surface area contributed by atoms with Crippen molar-refractivity contribution in [3.8, 4) is 0 Å². The Hall–Kier alpha value is -1.06. The number of fused-ring (bicyclic) bond motifs is 1. The van der Waals surface area contributed by atoms with E-state index >= 15 is 0 Å². The van der Waals surface area contributed by atoms with Crippen molar-refractivity contribution in [1.29, 1.82) is 0 Å². The fraction of sp³-hybridized carbons (Fsp3) is 0.889. The summed E-state index contributed by atoms with van der Waals surface area (Å²) in [5, 5.41) is 2.89. The maximum Gasteiger partial charge on any atom is 0.225 e. The molecule has 4 heteroatoms. The van der Waals surface area contributed by atoms with Crippen molar-refractivity contribution in [2.75, 3.05) is 13.1 Å². The van der Waals surface area contributed by atoms with Crippen molar-refractivity contribution in [2.45, 2.75) is 72.3 Å². The Morgan fingerprint density at radius 3 is 2.50 bits per heavy atom. The standard InChI is InChI=1S/C18H32N2O2/c1-13-10-12-20(15-8-6-5-7-14(13)15)16(21)9-11-19-17(22)18(2,3)4/h13-15H,5-12H2,1-4H3,(H,19,22)/t13-,14+,15-/m1/s1. The molecule has 0 aromatic carbocycles. The lowest BCUT2D eigenvalue weighted by Crippen LogP contribution is -2.52. The van der Waals surface area contributed by atoms with Gasteiger partial charge in [-0.15, -0.1) is 0 Å². The highest BCUT2D eigenvalue weighted by Gasteiger charge is 2.39. The van der Waals surface area contributed by atoms with Crippen LogP contribution in [0.5, 0.6) is 0 Å². The van der Waals surface area contributed by atoms with Gasteiger partial charge in [-0.1, -0.05) is 40.5 Å². The molecule has 0 aromatic heterocycles. The van der Waals surface area contributed by atoms with Crippen LogP contribution in [0.4, 0.5) is 0 Å². The summed E-state index contributed by atoms with van der Waals surface area (Å²) in [6, 6.07) is 0.448. The van der Waals surface area contributed by atoms with Gasteiger partial charge in [0.25, 0.3) is 0 Å². The molecular weight excluding hydrogens is 276 g/mol. The number of carbonyl (C=O) groups excluding carboxylic acids is 2. The third-order valence-corrected chi connectivity index (χ3v) is 5.36. The molecule has 1 N–H and O–H groups in total. The van der Waals surface area contributed by atoms with Crippen molar-refractivity contribution < 1.29 is 9.59 Å². The monoisotopic (exact) mass is 308 g/mol. The maximum atomic E-state index is 12.6. The molecule has 2 amide bonds. The molecule has 0 radical (unpaired) electrons. The van der Waals surface area contributed by atoms with E-state index in [2.05, 4.69) is 17.1 Å². The smallest absolute Gasteiger partial charge is 0.225 e. The summed E-state index contributed by atoms with van der Waals surface area (Å²) in [6.45, 7) is 9.37. The van der Waals surface area contributed by atoms with Crippen LogP contribution in [0.25, 0.3) is 0 Å². The first-order valence-electron chi connectivity index (χ1n) is 8.88. The van der Waals surface area contributed by atoms with Crippen molar-refractivity contribution in [2.24, 2.45) is 17.3 Å². The summed E-state index contributed by atoms with van der Waals surface area (Å²) < 4.78 is 0. The van der Waals surface area contributed by atoms with Gasteiger partial charge in [0.05, 0.1) is 0 Å². The lowest BCUT2D eigenvalue weighted by Gasteiger charge is -2.47. The highest BCUT2D eigenvalue weighted by Crippen LogP contribution is 2.38. The van der Waals surface area contributed by atoms with Crippen LogP contribution < -0.4 is 5.32 Å². The van der Waals surface area contributed by atoms with E-state index in [0.29, 0.717) is 24.9 Å². The van der Waals surface area contributed by atoms with Crippen molar-refractivity contribution in [1.82, 2.24) is 10.2 Å². The molecule has 3 atom stereocenters. The number of amides is 2.